The van der Waals surface area contributed by atoms with E-state index in [2.05, 4.69) is 34.6 Å². The molecule has 0 fully saturated rings. The first kappa shape index (κ1) is 12.0. The molecule has 0 aromatic carbocycles. The third-order valence-electron chi connectivity index (χ3n) is 2.39. The molecule has 1 radical (unpaired) electrons. The van der Waals surface area contributed by atoms with E-state index in [-0.39, 0.29) is 0 Å². The maximum Gasteiger partial charge on any atom is -0.0443 e. The van der Waals surface area contributed by atoms with Crippen LogP contribution >= 0.6 is 0 Å². The van der Waals surface area contributed by atoms with Gasteiger partial charge in [-0.05, 0) is 17.8 Å². The average molecular weight is 169 g/mol. The fraction of sp³-hybridized carbons (Fsp3) is 0.917. The second-order valence-electron chi connectivity index (χ2n) is 4.76. The minimum atomic E-state index is 0.631. The first-order chi connectivity index (χ1) is 5.52. The van der Waals surface area contributed by atoms with Gasteiger partial charge in [0.25, 0.3) is 0 Å². The van der Waals surface area contributed by atoms with Crippen molar-refractivity contribution in [2.45, 2.75) is 53.4 Å². The summed E-state index contributed by atoms with van der Waals surface area (Å²) >= 11 is 0. The molecule has 0 aliphatic heterocycles. The van der Waals surface area contributed by atoms with Gasteiger partial charge in [-0.15, -0.1) is 0 Å². The molecular formula is C12H25. The first-order valence-corrected chi connectivity index (χ1v) is 5.35. The van der Waals surface area contributed by atoms with Crippen LogP contribution in [0.2, 0.25) is 0 Å². The summed E-state index contributed by atoms with van der Waals surface area (Å²) in [4.78, 5) is 0. The average Bonchev–Trinajstić information content (AvgIpc) is 1.96. The molecule has 0 heteroatoms. The molecule has 0 N–H and O–H groups in total. The van der Waals surface area contributed by atoms with Crippen molar-refractivity contribution in [2.75, 3.05) is 0 Å². The van der Waals surface area contributed by atoms with Crippen LogP contribution < -0.4 is 0 Å². The molecule has 0 saturated carbocycles. The molecule has 0 aromatic rings. The Kier molecular flexibility index (Phi) is 6.51. The third-order valence-corrected chi connectivity index (χ3v) is 2.39. The number of rotatable bonds is 6. The van der Waals surface area contributed by atoms with Crippen LogP contribution in [0, 0.1) is 24.7 Å². The van der Waals surface area contributed by atoms with Gasteiger partial charge in [-0.3, -0.25) is 0 Å². The maximum atomic E-state index is 4.01. The van der Waals surface area contributed by atoms with E-state index in [1.807, 2.05) is 0 Å². The van der Waals surface area contributed by atoms with Crippen molar-refractivity contribution >= 4 is 0 Å². The quantitative estimate of drug-likeness (QED) is 0.556. The van der Waals surface area contributed by atoms with E-state index in [4.69, 9.17) is 0 Å². The van der Waals surface area contributed by atoms with Gasteiger partial charge in [0.15, 0.2) is 0 Å². The van der Waals surface area contributed by atoms with Crippen molar-refractivity contribution in [1.82, 2.24) is 0 Å². The Morgan fingerprint density at radius 3 is 1.75 bits per heavy atom. The van der Waals surface area contributed by atoms with Gasteiger partial charge in [0, 0.05) is 0 Å². The summed E-state index contributed by atoms with van der Waals surface area (Å²) in [7, 11) is 0. The van der Waals surface area contributed by atoms with Crippen LogP contribution in [0.3, 0.4) is 0 Å². The monoisotopic (exact) mass is 169 g/mol. The Bertz CT molecular complexity index is 80.2. The standard InChI is InChI=1S/C12H25/c1-10(2)6-8-12(5)9-7-11(3)4/h10-12H,1,6-9H2,2-5H3. The Hall–Kier alpha value is 0. The van der Waals surface area contributed by atoms with Gasteiger partial charge in [0.05, 0.1) is 0 Å². The molecule has 2 atom stereocenters. The van der Waals surface area contributed by atoms with Crippen LogP contribution in [0.5, 0.6) is 0 Å². The Morgan fingerprint density at radius 1 is 0.833 bits per heavy atom. The van der Waals surface area contributed by atoms with E-state index < -0.39 is 0 Å². The summed E-state index contributed by atoms with van der Waals surface area (Å²) in [6.07, 6.45) is 5.42. The molecule has 0 aromatic heterocycles. The van der Waals surface area contributed by atoms with E-state index >= 15 is 0 Å². The molecule has 73 valence electrons. The molecule has 0 saturated heterocycles. The Morgan fingerprint density at radius 2 is 1.33 bits per heavy atom. The highest BCUT2D eigenvalue weighted by Crippen LogP contribution is 2.18. The topological polar surface area (TPSA) is 0 Å². The second-order valence-corrected chi connectivity index (χ2v) is 4.76. The van der Waals surface area contributed by atoms with Crippen molar-refractivity contribution in [3.63, 3.8) is 0 Å². The van der Waals surface area contributed by atoms with Crippen molar-refractivity contribution in [2.24, 2.45) is 17.8 Å². The third kappa shape index (κ3) is 8.10. The lowest BCUT2D eigenvalue weighted by atomic mass is 9.93. The molecule has 0 aliphatic carbocycles. The minimum absolute atomic E-state index is 0.631. The summed E-state index contributed by atoms with van der Waals surface area (Å²) in [5, 5.41) is 0. The van der Waals surface area contributed by atoms with Gasteiger partial charge in [-0.1, -0.05) is 60.3 Å². The molecule has 0 spiro atoms. The molecule has 0 nitrogen and oxygen atoms in total. The van der Waals surface area contributed by atoms with Crippen LogP contribution in [0.15, 0.2) is 0 Å². The van der Waals surface area contributed by atoms with Crippen LogP contribution in [-0.2, 0) is 0 Å². The number of hydrogen-bond acceptors (Lipinski definition) is 0. The zero-order valence-corrected chi connectivity index (χ0v) is 9.27. The Labute approximate surface area is 78.8 Å². The van der Waals surface area contributed by atoms with Gasteiger partial charge in [0.1, 0.15) is 0 Å². The molecule has 0 amide bonds. The highest BCUT2D eigenvalue weighted by atomic mass is 14.1. The van der Waals surface area contributed by atoms with E-state index in [0.717, 1.165) is 11.8 Å². The molecule has 0 heterocycles. The second kappa shape index (κ2) is 6.51. The Balaban J connectivity index is 3.27. The molecule has 0 bridgehead atoms. The van der Waals surface area contributed by atoms with Gasteiger partial charge in [-0.2, -0.15) is 0 Å². The summed E-state index contributed by atoms with van der Waals surface area (Å²) in [5.74, 6) is 2.40. The smallest absolute Gasteiger partial charge is 0.0443 e. The fourth-order valence-corrected chi connectivity index (χ4v) is 1.33. The normalized spacial score (nSPS) is 12.0. The van der Waals surface area contributed by atoms with E-state index in [0.29, 0.717) is 5.92 Å². The summed E-state index contributed by atoms with van der Waals surface area (Å²) in [5.41, 5.74) is 0. The maximum absolute atomic E-state index is 4.01. The molecule has 0 rings (SSSR count). The first-order valence-electron chi connectivity index (χ1n) is 5.35. The molecular weight excluding hydrogens is 144 g/mol. The predicted molar refractivity (Wildman–Crippen MR) is 57.0 cm³/mol. The van der Waals surface area contributed by atoms with E-state index in [9.17, 15) is 0 Å². The van der Waals surface area contributed by atoms with Crippen molar-refractivity contribution in [3.8, 4) is 0 Å². The predicted octanol–water partition coefficient (Wildman–Crippen LogP) is 4.31. The zero-order chi connectivity index (χ0) is 9.56. The fourth-order valence-electron chi connectivity index (χ4n) is 1.33. The van der Waals surface area contributed by atoms with Crippen LogP contribution in [0.1, 0.15) is 53.4 Å². The van der Waals surface area contributed by atoms with Crippen LogP contribution in [0.25, 0.3) is 0 Å². The van der Waals surface area contributed by atoms with Gasteiger partial charge in [0.2, 0.25) is 0 Å². The highest BCUT2D eigenvalue weighted by molar-refractivity contribution is 4.60. The van der Waals surface area contributed by atoms with Gasteiger partial charge in [-0.25, -0.2) is 0 Å². The van der Waals surface area contributed by atoms with Crippen molar-refractivity contribution in [1.29, 1.82) is 0 Å². The lowest BCUT2D eigenvalue weighted by Gasteiger charge is -2.13. The molecule has 2 unspecified atom stereocenters. The van der Waals surface area contributed by atoms with Gasteiger partial charge < -0.3 is 0 Å². The molecule has 12 heavy (non-hydrogen) atoms. The summed E-state index contributed by atoms with van der Waals surface area (Å²) in [6, 6.07) is 0. The lowest BCUT2D eigenvalue weighted by molar-refractivity contribution is 0.401. The lowest BCUT2D eigenvalue weighted by Crippen LogP contribution is -2.00. The van der Waals surface area contributed by atoms with Crippen LogP contribution in [-0.4, -0.2) is 0 Å². The van der Waals surface area contributed by atoms with E-state index in [1.165, 1.54) is 25.7 Å². The summed E-state index contributed by atoms with van der Waals surface area (Å²) < 4.78 is 0. The minimum Gasteiger partial charge on any atom is -0.0628 e. The van der Waals surface area contributed by atoms with Crippen molar-refractivity contribution in [3.05, 3.63) is 6.92 Å². The summed E-state index contributed by atoms with van der Waals surface area (Å²) in [6.45, 7) is 13.2. The largest absolute Gasteiger partial charge is 0.0628 e. The SMILES string of the molecule is [CH2]C(C)CCC(C)CCC(C)C. The molecule has 0 aliphatic rings. The van der Waals surface area contributed by atoms with E-state index in [1.54, 1.807) is 0 Å². The zero-order valence-electron chi connectivity index (χ0n) is 9.27. The highest BCUT2D eigenvalue weighted by Gasteiger charge is 2.04. The van der Waals surface area contributed by atoms with Gasteiger partial charge >= 0.3 is 0 Å². The van der Waals surface area contributed by atoms with Crippen molar-refractivity contribution < 1.29 is 0 Å². The van der Waals surface area contributed by atoms with Crippen LogP contribution in [0.4, 0.5) is 0 Å². The number of hydrogen-bond donors (Lipinski definition) is 0.